The Morgan fingerprint density at radius 3 is 2.61 bits per heavy atom. The first-order valence-electron chi connectivity index (χ1n) is 13.0. The summed E-state index contributed by atoms with van der Waals surface area (Å²) in [7, 11) is 0. The molecule has 41 heavy (non-hydrogen) atoms. The maximum Gasteiger partial charge on any atom is 0.272 e. The Bertz CT molecular complexity index is 1580. The number of aromatic nitrogens is 4. The van der Waals surface area contributed by atoms with Crippen molar-refractivity contribution in [3.63, 3.8) is 0 Å². The van der Waals surface area contributed by atoms with Crippen LogP contribution in [-0.4, -0.2) is 42.2 Å². The van der Waals surface area contributed by atoms with Gasteiger partial charge in [-0.3, -0.25) is 19.7 Å². The van der Waals surface area contributed by atoms with Crippen LogP contribution in [0.5, 0.6) is 0 Å². The second-order valence-corrected chi connectivity index (χ2v) is 11.6. The van der Waals surface area contributed by atoms with Crippen LogP contribution in [0.4, 0.5) is 10.8 Å². The molecule has 4 aromatic rings. The molecule has 214 valence electrons. The van der Waals surface area contributed by atoms with Crippen LogP contribution in [0.15, 0.2) is 53.0 Å². The number of hydrogen-bond donors (Lipinski definition) is 2. The number of nitro groups is 1. The largest absolute Gasteiger partial charge is 0.342 e. The Morgan fingerprint density at radius 1 is 1.15 bits per heavy atom. The summed E-state index contributed by atoms with van der Waals surface area (Å²) in [5, 5.41) is 28.6. The SMILES string of the molecule is CCn1c(SCC(=O)Nc2nc(-c3ccc(C)c([N+](=O)[O-])c3)cs2)nnc1[C@H](NC(=O)c1cccc(C)c1)C(C)C. The third-order valence-electron chi connectivity index (χ3n) is 6.36. The Morgan fingerprint density at radius 2 is 1.93 bits per heavy atom. The van der Waals surface area contributed by atoms with Crippen molar-refractivity contribution in [1.29, 1.82) is 0 Å². The van der Waals surface area contributed by atoms with Gasteiger partial charge in [-0.2, -0.15) is 0 Å². The molecule has 11 nitrogen and oxygen atoms in total. The molecule has 2 N–H and O–H groups in total. The van der Waals surface area contributed by atoms with Crippen molar-refractivity contribution in [1.82, 2.24) is 25.1 Å². The highest BCUT2D eigenvalue weighted by Crippen LogP contribution is 2.30. The number of thioether (sulfide) groups is 1. The molecule has 2 aromatic carbocycles. The van der Waals surface area contributed by atoms with Crippen LogP contribution in [-0.2, 0) is 11.3 Å². The normalized spacial score (nSPS) is 11.9. The molecule has 0 bridgehead atoms. The van der Waals surface area contributed by atoms with E-state index in [1.165, 1.54) is 29.2 Å². The molecule has 2 aromatic heterocycles. The molecule has 0 radical (unpaired) electrons. The van der Waals surface area contributed by atoms with Gasteiger partial charge in [0.05, 0.1) is 22.4 Å². The minimum absolute atomic E-state index is 0.0197. The quantitative estimate of drug-likeness (QED) is 0.126. The number of anilines is 1. The van der Waals surface area contributed by atoms with Crippen molar-refractivity contribution in [3.8, 4) is 11.3 Å². The van der Waals surface area contributed by atoms with Gasteiger partial charge in [0.15, 0.2) is 16.1 Å². The van der Waals surface area contributed by atoms with Crippen molar-refractivity contribution < 1.29 is 14.5 Å². The average molecular weight is 594 g/mol. The summed E-state index contributed by atoms with van der Waals surface area (Å²) in [5.41, 5.74) is 3.31. The van der Waals surface area contributed by atoms with Crippen LogP contribution in [0.2, 0.25) is 0 Å². The molecular weight excluding hydrogens is 562 g/mol. The molecule has 0 unspecified atom stereocenters. The highest BCUT2D eigenvalue weighted by Gasteiger charge is 2.26. The molecule has 0 aliphatic carbocycles. The van der Waals surface area contributed by atoms with E-state index in [2.05, 4.69) is 25.8 Å². The maximum atomic E-state index is 13.0. The first-order chi connectivity index (χ1) is 19.6. The van der Waals surface area contributed by atoms with Gasteiger partial charge in [-0.05, 0) is 38.8 Å². The van der Waals surface area contributed by atoms with Crippen LogP contribution >= 0.6 is 23.1 Å². The van der Waals surface area contributed by atoms with Crippen LogP contribution in [0.25, 0.3) is 11.3 Å². The number of nitrogens with one attached hydrogen (secondary N) is 2. The van der Waals surface area contributed by atoms with Crippen molar-refractivity contribution in [3.05, 3.63) is 80.5 Å². The van der Waals surface area contributed by atoms with Crippen LogP contribution < -0.4 is 10.6 Å². The topological polar surface area (TPSA) is 145 Å². The van der Waals surface area contributed by atoms with E-state index in [9.17, 15) is 19.7 Å². The van der Waals surface area contributed by atoms with E-state index in [4.69, 9.17) is 0 Å². The van der Waals surface area contributed by atoms with Gasteiger partial charge in [0.25, 0.3) is 11.6 Å². The molecule has 0 spiro atoms. The van der Waals surface area contributed by atoms with Gasteiger partial charge in [-0.1, -0.05) is 55.4 Å². The molecule has 1 atom stereocenters. The molecule has 0 aliphatic heterocycles. The predicted molar refractivity (Wildman–Crippen MR) is 160 cm³/mol. The molecule has 13 heteroatoms. The number of rotatable bonds is 11. The van der Waals surface area contributed by atoms with Crippen LogP contribution in [0.3, 0.4) is 0 Å². The monoisotopic (exact) mass is 593 g/mol. The van der Waals surface area contributed by atoms with Crippen molar-refractivity contribution in [2.75, 3.05) is 11.1 Å². The number of nitrogens with zero attached hydrogens (tertiary/aromatic N) is 5. The molecular formula is C28H31N7O4S2. The van der Waals surface area contributed by atoms with E-state index >= 15 is 0 Å². The number of benzene rings is 2. The maximum absolute atomic E-state index is 13.0. The minimum atomic E-state index is -0.424. The van der Waals surface area contributed by atoms with E-state index in [1.54, 1.807) is 30.5 Å². The lowest BCUT2D eigenvalue weighted by atomic mass is 10.0. The van der Waals surface area contributed by atoms with Gasteiger partial charge in [-0.25, -0.2) is 4.98 Å². The first kappa shape index (κ1) is 29.9. The molecule has 0 saturated heterocycles. The van der Waals surface area contributed by atoms with Crippen LogP contribution in [0.1, 0.15) is 54.1 Å². The lowest BCUT2D eigenvalue weighted by molar-refractivity contribution is -0.385. The molecule has 0 fully saturated rings. The lowest BCUT2D eigenvalue weighted by Gasteiger charge is -2.22. The van der Waals surface area contributed by atoms with E-state index in [-0.39, 0.29) is 35.2 Å². The Hall–Kier alpha value is -4.10. The zero-order valence-electron chi connectivity index (χ0n) is 23.4. The fraction of sp³-hybridized carbons (Fsp3) is 0.321. The number of amides is 2. The summed E-state index contributed by atoms with van der Waals surface area (Å²) >= 11 is 2.48. The zero-order valence-corrected chi connectivity index (χ0v) is 25.0. The summed E-state index contributed by atoms with van der Waals surface area (Å²) in [5.74, 6) is 0.294. The highest BCUT2D eigenvalue weighted by atomic mass is 32.2. The zero-order chi connectivity index (χ0) is 29.7. The number of carbonyl (C=O) groups excluding carboxylic acids is 2. The minimum Gasteiger partial charge on any atom is -0.342 e. The van der Waals surface area contributed by atoms with Gasteiger partial charge in [0, 0.05) is 34.7 Å². The predicted octanol–water partition coefficient (Wildman–Crippen LogP) is 5.80. The first-order valence-corrected chi connectivity index (χ1v) is 14.9. The van der Waals surface area contributed by atoms with Crippen molar-refractivity contribution >= 4 is 45.7 Å². The third kappa shape index (κ3) is 7.16. The molecule has 0 saturated carbocycles. The number of carbonyl (C=O) groups is 2. The van der Waals surface area contributed by atoms with Crippen molar-refractivity contribution in [2.24, 2.45) is 5.92 Å². The summed E-state index contributed by atoms with van der Waals surface area (Å²) in [6.45, 7) is 10.2. The summed E-state index contributed by atoms with van der Waals surface area (Å²) < 4.78 is 1.91. The highest BCUT2D eigenvalue weighted by molar-refractivity contribution is 7.99. The molecule has 2 amide bonds. The molecule has 0 aliphatic rings. The number of nitro benzene ring substituents is 1. The average Bonchev–Trinajstić information content (AvgIpc) is 3.57. The number of thiazole rings is 1. The Kier molecular flexibility index (Phi) is 9.50. The standard InChI is InChI=1S/C28H31N7O4S2/c1-6-34-25(24(16(2)3)31-26(37)20-9-7-8-17(4)12-20)32-33-28(34)41-15-23(36)30-27-29-21(14-40-27)19-11-10-18(5)22(13-19)35(38)39/h7-14,16,24H,6,15H2,1-5H3,(H,31,37)(H,29,30,36)/t24-/m1/s1. The van der Waals surface area contributed by atoms with E-state index < -0.39 is 4.92 Å². The summed E-state index contributed by atoms with van der Waals surface area (Å²) in [6.07, 6.45) is 0. The summed E-state index contributed by atoms with van der Waals surface area (Å²) in [4.78, 5) is 41.0. The Labute approximate surface area is 246 Å². The molecule has 4 rings (SSSR count). The fourth-order valence-electron chi connectivity index (χ4n) is 4.19. The van der Waals surface area contributed by atoms with Crippen molar-refractivity contribution in [2.45, 2.75) is 52.4 Å². The number of hydrogen-bond acceptors (Lipinski definition) is 9. The van der Waals surface area contributed by atoms with E-state index in [0.717, 1.165) is 5.56 Å². The van der Waals surface area contributed by atoms with E-state index in [1.807, 2.05) is 50.5 Å². The smallest absolute Gasteiger partial charge is 0.272 e. The van der Waals surface area contributed by atoms with Gasteiger partial charge >= 0.3 is 0 Å². The van der Waals surface area contributed by atoms with Gasteiger partial charge < -0.3 is 15.2 Å². The van der Waals surface area contributed by atoms with Gasteiger partial charge in [-0.15, -0.1) is 21.5 Å². The second-order valence-electron chi connectivity index (χ2n) is 9.78. The second kappa shape index (κ2) is 13.0. The summed E-state index contributed by atoms with van der Waals surface area (Å²) in [6, 6.07) is 12.0. The fourth-order valence-corrected chi connectivity index (χ4v) is 5.73. The van der Waals surface area contributed by atoms with Gasteiger partial charge in [0.1, 0.15) is 0 Å². The lowest BCUT2D eigenvalue weighted by Crippen LogP contribution is -2.33. The Balaban J connectivity index is 1.41. The van der Waals surface area contributed by atoms with E-state index in [0.29, 0.717) is 45.0 Å². The third-order valence-corrected chi connectivity index (χ3v) is 8.08. The van der Waals surface area contributed by atoms with Crippen LogP contribution in [0, 0.1) is 29.9 Å². The van der Waals surface area contributed by atoms with Gasteiger partial charge in [0.2, 0.25) is 5.91 Å². The molecule has 2 heterocycles. The number of aryl methyl sites for hydroxylation is 2.